The van der Waals surface area contributed by atoms with Gasteiger partial charge in [-0.3, -0.25) is 14.4 Å². The van der Waals surface area contributed by atoms with Gasteiger partial charge in [-0.25, -0.2) is 0 Å². The zero-order valence-electron chi connectivity index (χ0n) is 22.9. The molecule has 0 saturated heterocycles. The summed E-state index contributed by atoms with van der Waals surface area (Å²) in [5.41, 5.74) is -0.684. The Morgan fingerprint density at radius 2 is 1.34 bits per heavy atom. The van der Waals surface area contributed by atoms with Crippen LogP contribution in [-0.4, -0.2) is 87.7 Å². The molecule has 0 aliphatic carbocycles. The Labute approximate surface area is 211 Å². The second kappa shape index (κ2) is 18.5. The first kappa shape index (κ1) is 33.2. The SMILES string of the molecule is CCOCCNC(=O)CCOCC(COCCC(=O)NC(C)(C)C)NC(=O)CCC(C)(C)OCC. The minimum Gasteiger partial charge on any atom is -0.380 e. The molecule has 10 nitrogen and oxygen atoms in total. The Bertz CT molecular complexity index is 606. The van der Waals surface area contributed by atoms with Crippen molar-refractivity contribution in [2.24, 2.45) is 0 Å². The molecule has 0 fully saturated rings. The quantitative estimate of drug-likeness (QED) is 0.217. The molecule has 0 saturated carbocycles. The van der Waals surface area contributed by atoms with E-state index in [2.05, 4.69) is 16.0 Å². The van der Waals surface area contributed by atoms with Crippen molar-refractivity contribution in [1.29, 1.82) is 0 Å². The minimum absolute atomic E-state index is 0.0946. The predicted molar refractivity (Wildman–Crippen MR) is 135 cm³/mol. The molecular weight excluding hydrogens is 454 g/mol. The average molecular weight is 504 g/mol. The summed E-state index contributed by atoms with van der Waals surface area (Å²) in [6.45, 7) is 16.5. The van der Waals surface area contributed by atoms with Crippen molar-refractivity contribution in [3.8, 4) is 0 Å². The topological polar surface area (TPSA) is 124 Å². The van der Waals surface area contributed by atoms with E-state index in [-0.39, 0.29) is 68.1 Å². The maximum absolute atomic E-state index is 12.5. The van der Waals surface area contributed by atoms with E-state index in [1.165, 1.54) is 0 Å². The molecule has 0 aliphatic heterocycles. The van der Waals surface area contributed by atoms with Crippen LogP contribution in [0.3, 0.4) is 0 Å². The molecule has 0 radical (unpaired) electrons. The van der Waals surface area contributed by atoms with Crippen molar-refractivity contribution in [2.45, 2.75) is 91.3 Å². The first-order valence-corrected chi connectivity index (χ1v) is 12.6. The lowest BCUT2D eigenvalue weighted by Gasteiger charge is -2.25. The lowest BCUT2D eigenvalue weighted by atomic mass is 10.0. The van der Waals surface area contributed by atoms with E-state index in [1.54, 1.807) is 0 Å². The zero-order valence-corrected chi connectivity index (χ0v) is 22.9. The molecular formula is C25H49N3O7. The van der Waals surface area contributed by atoms with E-state index in [0.29, 0.717) is 39.2 Å². The van der Waals surface area contributed by atoms with Crippen LogP contribution in [0.4, 0.5) is 0 Å². The highest BCUT2D eigenvalue weighted by Gasteiger charge is 2.21. The van der Waals surface area contributed by atoms with E-state index < -0.39 is 6.04 Å². The van der Waals surface area contributed by atoms with E-state index in [9.17, 15) is 14.4 Å². The summed E-state index contributed by atoms with van der Waals surface area (Å²) >= 11 is 0. The molecule has 0 bridgehead atoms. The van der Waals surface area contributed by atoms with Gasteiger partial charge < -0.3 is 34.9 Å². The van der Waals surface area contributed by atoms with Crippen molar-refractivity contribution in [2.75, 3.05) is 52.8 Å². The smallest absolute Gasteiger partial charge is 0.222 e. The Balaban J connectivity index is 4.52. The summed E-state index contributed by atoms with van der Waals surface area (Å²) < 4.78 is 22.1. The average Bonchev–Trinajstić information content (AvgIpc) is 2.74. The number of hydrogen-bond acceptors (Lipinski definition) is 7. The third-order valence-corrected chi connectivity index (χ3v) is 4.73. The molecule has 0 rings (SSSR count). The summed E-state index contributed by atoms with van der Waals surface area (Å²) in [7, 11) is 0. The van der Waals surface area contributed by atoms with Crippen LogP contribution in [0.5, 0.6) is 0 Å². The van der Waals surface area contributed by atoms with Crippen molar-refractivity contribution in [1.82, 2.24) is 16.0 Å². The Hall–Kier alpha value is -1.75. The van der Waals surface area contributed by atoms with Gasteiger partial charge in [-0.1, -0.05) is 0 Å². The summed E-state index contributed by atoms with van der Waals surface area (Å²) in [5.74, 6) is -0.346. The first-order chi connectivity index (χ1) is 16.4. The third-order valence-electron chi connectivity index (χ3n) is 4.73. The number of hydrogen-bond donors (Lipinski definition) is 3. The maximum atomic E-state index is 12.5. The second-order valence-corrected chi connectivity index (χ2v) is 9.95. The van der Waals surface area contributed by atoms with Gasteiger partial charge in [0.2, 0.25) is 17.7 Å². The fourth-order valence-corrected chi connectivity index (χ4v) is 3.07. The third kappa shape index (κ3) is 21.3. The lowest BCUT2D eigenvalue weighted by Crippen LogP contribution is -2.43. The van der Waals surface area contributed by atoms with Crippen molar-refractivity contribution < 1.29 is 33.3 Å². The van der Waals surface area contributed by atoms with Crippen LogP contribution >= 0.6 is 0 Å². The van der Waals surface area contributed by atoms with E-state index >= 15 is 0 Å². The first-order valence-electron chi connectivity index (χ1n) is 12.6. The van der Waals surface area contributed by atoms with Crippen LogP contribution in [-0.2, 0) is 33.3 Å². The van der Waals surface area contributed by atoms with Gasteiger partial charge in [0.25, 0.3) is 0 Å². The highest BCUT2D eigenvalue weighted by atomic mass is 16.5. The largest absolute Gasteiger partial charge is 0.380 e. The molecule has 10 heteroatoms. The van der Waals surface area contributed by atoms with Gasteiger partial charge in [0.05, 0.1) is 44.7 Å². The van der Waals surface area contributed by atoms with Gasteiger partial charge in [0, 0.05) is 44.6 Å². The summed E-state index contributed by atoms with van der Waals surface area (Å²) in [6, 6.07) is -0.399. The molecule has 0 heterocycles. The molecule has 35 heavy (non-hydrogen) atoms. The summed E-state index contributed by atoms with van der Waals surface area (Å²) in [4.78, 5) is 36.3. The van der Waals surface area contributed by atoms with E-state index in [4.69, 9.17) is 18.9 Å². The predicted octanol–water partition coefficient (Wildman–Crippen LogP) is 1.95. The lowest BCUT2D eigenvalue weighted by molar-refractivity contribution is -0.126. The number of ether oxygens (including phenoxy) is 4. The van der Waals surface area contributed by atoms with Gasteiger partial charge >= 0.3 is 0 Å². The Morgan fingerprint density at radius 3 is 1.89 bits per heavy atom. The Morgan fingerprint density at radius 1 is 0.743 bits per heavy atom. The van der Waals surface area contributed by atoms with Crippen LogP contribution in [0, 0.1) is 0 Å². The van der Waals surface area contributed by atoms with Crippen LogP contribution < -0.4 is 16.0 Å². The van der Waals surface area contributed by atoms with Gasteiger partial charge in [-0.15, -0.1) is 0 Å². The normalized spacial score (nSPS) is 12.8. The van der Waals surface area contributed by atoms with Gasteiger partial charge in [0.15, 0.2) is 0 Å². The highest BCUT2D eigenvalue weighted by Crippen LogP contribution is 2.16. The van der Waals surface area contributed by atoms with Crippen molar-refractivity contribution >= 4 is 17.7 Å². The minimum atomic E-state index is -0.399. The zero-order chi connectivity index (χ0) is 26.7. The molecule has 3 N–H and O–H groups in total. The van der Waals surface area contributed by atoms with Gasteiger partial charge in [-0.05, 0) is 54.9 Å². The summed E-state index contributed by atoms with van der Waals surface area (Å²) in [5, 5.41) is 8.58. The van der Waals surface area contributed by atoms with Crippen molar-refractivity contribution in [3.05, 3.63) is 0 Å². The molecule has 0 spiro atoms. The van der Waals surface area contributed by atoms with Crippen LogP contribution in [0.1, 0.15) is 74.1 Å². The van der Waals surface area contributed by atoms with Gasteiger partial charge in [-0.2, -0.15) is 0 Å². The Kier molecular flexibility index (Phi) is 17.6. The fourth-order valence-electron chi connectivity index (χ4n) is 3.07. The van der Waals surface area contributed by atoms with Crippen molar-refractivity contribution in [3.63, 3.8) is 0 Å². The van der Waals surface area contributed by atoms with Gasteiger partial charge in [0.1, 0.15) is 0 Å². The number of amides is 3. The standard InChI is InChI=1S/C25H49N3O7/c1-8-32-17-14-26-21(29)11-15-33-18-20(19-34-16-12-23(31)28-24(3,4)5)27-22(30)10-13-25(6,7)35-9-2/h20H,8-19H2,1-7H3,(H,26,29)(H,27,30)(H,28,31). The van der Waals surface area contributed by atoms with Crippen LogP contribution in [0.25, 0.3) is 0 Å². The van der Waals surface area contributed by atoms with E-state index in [1.807, 2.05) is 48.5 Å². The number of carbonyl (C=O) groups excluding carboxylic acids is 3. The highest BCUT2D eigenvalue weighted by molar-refractivity contribution is 5.77. The molecule has 0 aliphatic rings. The number of rotatable bonds is 20. The molecule has 0 aromatic carbocycles. The number of carbonyl (C=O) groups is 3. The molecule has 0 aromatic heterocycles. The maximum Gasteiger partial charge on any atom is 0.222 e. The molecule has 0 aromatic rings. The molecule has 1 atom stereocenters. The number of nitrogens with one attached hydrogen (secondary N) is 3. The molecule has 206 valence electrons. The van der Waals surface area contributed by atoms with Crippen LogP contribution in [0.2, 0.25) is 0 Å². The summed E-state index contributed by atoms with van der Waals surface area (Å²) in [6.07, 6.45) is 1.32. The van der Waals surface area contributed by atoms with E-state index in [0.717, 1.165) is 0 Å². The molecule has 3 amide bonds. The fraction of sp³-hybridized carbons (Fsp3) is 0.880. The molecule has 1 unspecified atom stereocenters. The monoisotopic (exact) mass is 503 g/mol. The second-order valence-electron chi connectivity index (χ2n) is 9.95. The van der Waals surface area contributed by atoms with Crippen LogP contribution in [0.15, 0.2) is 0 Å².